The summed E-state index contributed by atoms with van der Waals surface area (Å²) in [5, 5.41) is 2.99. The summed E-state index contributed by atoms with van der Waals surface area (Å²) in [6.45, 7) is 8.13. The first kappa shape index (κ1) is 18.5. The Balaban J connectivity index is 1.46. The van der Waals surface area contributed by atoms with Gasteiger partial charge in [0.05, 0.1) is 0 Å². The molecule has 1 aliphatic carbocycles. The molecule has 6 nitrogen and oxygen atoms in total. The van der Waals surface area contributed by atoms with E-state index in [-0.39, 0.29) is 18.0 Å². The number of piperidine rings is 1. The molecule has 2 aliphatic heterocycles. The third-order valence-electron chi connectivity index (χ3n) is 6.20. The van der Waals surface area contributed by atoms with Gasteiger partial charge in [0.2, 0.25) is 5.91 Å². The molecule has 25 heavy (non-hydrogen) atoms. The van der Waals surface area contributed by atoms with Crippen LogP contribution in [-0.4, -0.2) is 60.5 Å². The van der Waals surface area contributed by atoms with E-state index >= 15 is 0 Å². The normalized spacial score (nSPS) is 32.2. The molecule has 3 aliphatic rings. The maximum atomic E-state index is 12.7. The van der Waals surface area contributed by atoms with E-state index in [0.29, 0.717) is 43.2 Å². The van der Waals surface area contributed by atoms with Crippen LogP contribution in [0.3, 0.4) is 0 Å². The summed E-state index contributed by atoms with van der Waals surface area (Å²) in [7, 11) is 0. The van der Waals surface area contributed by atoms with Crippen molar-refractivity contribution >= 4 is 11.9 Å². The van der Waals surface area contributed by atoms with Gasteiger partial charge in [0.1, 0.15) is 0 Å². The molecule has 1 saturated carbocycles. The molecule has 6 heteroatoms. The molecular weight excluding hydrogens is 316 g/mol. The number of rotatable bonds is 4. The maximum absolute atomic E-state index is 12.7. The van der Waals surface area contributed by atoms with Crippen LogP contribution in [0, 0.1) is 23.7 Å². The molecule has 0 aromatic carbocycles. The number of likely N-dealkylation sites (tertiary alicyclic amines) is 2. The van der Waals surface area contributed by atoms with Gasteiger partial charge in [-0.3, -0.25) is 4.79 Å². The number of carbonyl (C=O) groups excluding carboxylic acids is 2. The van der Waals surface area contributed by atoms with E-state index in [2.05, 4.69) is 19.2 Å². The van der Waals surface area contributed by atoms with Gasteiger partial charge in [0.25, 0.3) is 0 Å². The molecular formula is C19H34N4O2. The molecule has 3 rings (SSSR count). The Morgan fingerprint density at radius 2 is 1.92 bits per heavy atom. The zero-order valence-electron chi connectivity index (χ0n) is 15.7. The fourth-order valence-electron chi connectivity index (χ4n) is 4.71. The highest BCUT2D eigenvalue weighted by atomic mass is 16.2. The number of nitrogens with two attached hydrogens (primary N) is 1. The zero-order valence-corrected chi connectivity index (χ0v) is 15.7. The third kappa shape index (κ3) is 4.46. The number of fused-ring (bicyclic) bond motifs is 1. The lowest BCUT2D eigenvalue weighted by Crippen LogP contribution is -2.47. The molecule has 0 bridgehead atoms. The van der Waals surface area contributed by atoms with E-state index < -0.39 is 0 Å². The van der Waals surface area contributed by atoms with E-state index in [9.17, 15) is 9.59 Å². The summed E-state index contributed by atoms with van der Waals surface area (Å²) in [4.78, 5) is 28.9. The average molecular weight is 351 g/mol. The zero-order chi connectivity index (χ0) is 18.0. The molecule has 2 saturated heterocycles. The molecule has 0 aromatic rings. The van der Waals surface area contributed by atoms with E-state index in [1.54, 1.807) is 0 Å². The molecule has 4 atom stereocenters. The van der Waals surface area contributed by atoms with Gasteiger partial charge in [-0.1, -0.05) is 13.8 Å². The standard InChI is InChI=1S/C19H34N4O2/c1-13(2)9-21-19(25)22-7-3-4-14(10-22)8-18(24)23-11-15-5-6-17(20)16(15)12-23/h13-17H,3-12,20H2,1-2H3,(H,21,25). The Kier molecular flexibility index (Phi) is 5.87. The van der Waals surface area contributed by atoms with Crippen molar-refractivity contribution in [2.24, 2.45) is 29.4 Å². The van der Waals surface area contributed by atoms with E-state index in [1.807, 2.05) is 9.80 Å². The average Bonchev–Trinajstić information content (AvgIpc) is 3.15. The van der Waals surface area contributed by atoms with Crippen molar-refractivity contribution in [1.82, 2.24) is 15.1 Å². The number of hydrogen-bond acceptors (Lipinski definition) is 3. The maximum Gasteiger partial charge on any atom is 0.317 e. The van der Waals surface area contributed by atoms with E-state index in [4.69, 9.17) is 5.73 Å². The molecule has 2 heterocycles. The minimum absolute atomic E-state index is 0.0209. The van der Waals surface area contributed by atoms with Gasteiger partial charge in [0.15, 0.2) is 0 Å². The fourth-order valence-corrected chi connectivity index (χ4v) is 4.71. The first-order chi connectivity index (χ1) is 11.9. The van der Waals surface area contributed by atoms with Crippen LogP contribution in [0.2, 0.25) is 0 Å². The highest BCUT2D eigenvalue weighted by Gasteiger charge is 2.42. The van der Waals surface area contributed by atoms with Crippen molar-refractivity contribution < 1.29 is 9.59 Å². The molecule has 3 amide bonds. The number of urea groups is 1. The Labute approximate surface area is 151 Å². The molecule has 0 spiro atoms. The predicted octanol–water partition coefficient (Wildman–Crippen LogP) is 1.65. The predicted molar refractivity (Wildman–Crippen MR) is 97.9 cm³/mol. The second-order valence-corrected chi connectivity index (χ2v) is 8.70. The highest BCUT2D eigenvalue weighted by molar-refractivity contribution is 5.77. The topological polar surface area (TPSA) is 78.7 Å². The van der Waals surface area contributed by atoms with Crippen molar-refractivity contribution in [1.29, 1.82) is 0 Å². The van der Waals surface area contributed by atoms with E-state index in [0.717, 1.165) is 38.9 Å². The molecule has 3 N–H and O–H groups in total. The van der Waals surface area contributed by atoms with Gasteiger partial charge < -0.3 is 20.9 Å². The Hall–Kier alpha value is -1.30. The minimum atomic E-state index is 0.0209. The first-order valence-electron chi connectivity index (χ1n) is 10.00. The summed E-state index contributed by atoms with van der Waals surface area (Å²) in [5.74, 6) is 2.13. The molecule has 0 radical (unpaired) electrons. The van der Waals surface area contributed by atoms with Gasteiger partial charge in [-0.15, -0.1) is 0 Å². The van der Waals surface area contributed by atoms with Crippen LogP contribution < -0.4 is 11.1 Å². The lowest BCUT2D eigenvalue weighted by Gasteiger charge is -2.33. The number of carbonyl (C=O) groups is 2. The van der Waals surface area contributed by atoms with E-state index in [1.165, 1.54) is 6.42 Å². The van der Waals surface area contributed by atoms with Gasteiger partial charge in [-0.05, 0) is 49.4 Å². The summed E-state index contributed by atoms with van der Waals surface area (Å²) < 4.78 is 0. The minimum Gasteiger partial charge on any atom is -0.342 e. The fraction of sp³-hybridized carbons (Fsp3) is 0.895. The number of hydrogen-bond donors (Lipinski definition) is 2. The summed E-state index contributed by atoms with van der Waals surface area (Å²) >= 11 is 0. The summed E-state index contributed by atoms with van der Waals surface area (Å²) in [6.07, 6.45) is 4.88. The second-order valence-electron chi connectivity index (χ2n) is 8.70. The lowest BCUT2D eigenvalue weighted by molar-refractivity contribution is -0.131. The van der Waals surface area contributed by atoms with Gasteiger partial charge in [0, 0.05) is 45.2 Å². The third-order valence-corrected chi connectivity index (χ3v) is 6.20. The lowest BCUT2D eigenvalue weighted by atomic mass is 9.94. The Bertz CT molecular complexity index is 496. The van der Waals surface area contributed by atoms with Crippen molar-refractivity contribution in [2.45, 2.75) is 52.0 Å². The van der Waals surface area contributed by atoms with Crippen molar-refractivity contribution in [3.8, 4) is 0 Å². The number of nitrogens with zero attached hydrogens (tertiary/aromatic N) is 2. The molecule has 142 valence electrons. The van der Waals surface area contributed by atoms with Gasteiger partial charge in [-0.25, -0.2) is 4.79 Å². The highest BCUT2D eigenvalue weighted by Crippen LogP contribution is 2.37. The molecule has 3 fully saturated rings. The quantitative estimate of drug-likeness (QED) is 0.809. The van der Waals surface area contributed by atoms with Crippen LogP contribution in [0.25, 0.3) is 0 Å². The number of amides is 3. The van der Waals surface area contributed by atoms with Crippen LogP contribution in [0.15, 0.2) is 0 Å². The first-order valence-corrected chi connectivity index (χ1v) is 10.00. The van der Waals surface area contributed by atoms with Crippen molar-refractivity contribution in [2.75, 3.05) is 32.7 Å². The second kappa shape index (κ2) is 7.94. The monoisotopic (exact) mass is 350 g/mol. The Morgan fingerprint density at radius 3 is 2.64 bits per heavy atom. The van der Waals surface area contributed by atoms with Crippen LogP contribution >= 0.6 is 0 Å². The molecule has 4 unspecified atom stereocenters. The van der Waals surface area contributed by atoms with Crippen molar-refractivity contribution in [3.63, 3.8) is 0 Å². The summed E-state index contributed by atoms with van der Waals surface area (Å²) in [6, 6.07) is 0.296. The summed E-state index contributed by atoms with van der Waals surface area (Å²) in [5.41, 5.74) is 6.18. The largest absolute Gasteiger partial charge is 0.342 e. The van der Waals surface area contributed by atoms with Crippen molar-refractivity contribution in [3.05, 3.63) is 0 Å². The smallest absolute Gasteiger partial charge is 0.317 e. The van der Waals surface area contributed by atoms with Crippen LogP contribution in [0.5, 0.6) is 0 Å². The molecule has 0 aromatic heterocycles. The SMILES string of the molecule is CC(C)CNC(=O)N1CCCC(CC(=O)N2CC3CCC(N)C3C2)C1. The van der Waals surface area contributed by atoms with Crippen LogP contribution in [0.1, 0.15) is 46.0 Å². The van der Waals surface area contributed by atoms with Gasteiger partial charge >= 0.3 is 6.03 Å². The Morgan fingerprint density at radius 1 is 1.12 bits per heavy atom. The van der Waals surface area contributed by atoms with Crippen LogP contribution in [-0.2, 0) is 4.79 Å². The van der Waals surface area contributed by atoms with Crippen LogP contribution in [0.4, 0.5) is 4.79 Å². The van der Waals surface area contributed by atoms with Gasteiger partial charge in [-0.2, -0.15) is 0 Å². The number of nitrogens with one attached hydrogen (secondary N) is 1.